The highest BCUT2D eigenvalue weighted by Gasteiger charge is 2.28. The molecular weight excluding hydrogens is 366 g/mol. The van der Waals surface area contributed by atoms with Gasteiger partial charge in [-0.25, -0.2) is 8.78 Å². The molecule has 0 bridgehead atoms. The van der Waals surface area contributed by atoms with E-state index in [-0.39, 0.29) is 0 Å². The molecule has 1 atom stereocenters. The molecule has 154 valence electrons. The number of halogens is 2. The van der Waals surface area contributed by atoms with Gasteiger partial charge in [-0.05, 0) is 60.8 Å². The van der Waals surface area contributed by atoms with Gasteiger partial charge in [0, 0.05) is 5.92 Å². The van der Waals surface area contributed by atoms with Crippen LogP contribution in [0.3, 0.4) is 0 Å². The van der Waals surface area contributed by atoms with Gasteiger partial charge in [0.2, 0.25) is 0 Å². The van der Waals surface area contributed by atoms with Gasteiger partial charge in [0.25, 0.3) is 0 Å². The maximum atomic E-state index is 13.4. The van der Waals surface area contributed by atoms with E-state index in [4.69, 9.17) is 0 Å². The van der Waals surface area contributed by atoms with Crippen LogP contribution in [-0.2, 0) is 0 Å². The number of nitrogens with zero attached hydrogens (tertiary/aromatic N) is 2. The van der Waals surface area contributed by atoms with E-state index in [1.165, 1.54) is 38.0 Å². The van der Waals surface area contributed by atoms with Crippen molar-refractivity contribution in [3.05, 3.63) is 71.3 Å². The van der Waals surface area contributed by atoms with E-state index in [9.17, 15) is 8.78 Å². The molecular formula is C25H30F2N2. The Morgan fingerprint density at radius 2 is 1.76 bits per heavy atom. The third-order valence-electron chi connectivity index (χ3n) is 6.09. The van der Waals surface area contributed by atoms with Crippen molar-refractivity contribution in [1.29, 1.82) is 0 Å². The lowest BCUT2D eigenvalue weighted by atomic mass is 9.73. The zero-order valence-corrected chi connectivity index (χ0v) is 17.3. The number of benzene rings is 2. The molecule has 0 heterocycles. The first-order valence-electron chi connectivity index (χ1n) is 10.7. The fourth-order valence-corrected chi connectivity index (χ4v) is 4.39. The molecule has 2 aromatic carbocycles. The second-order valence-corrected chi connectivity index (χ2v) is 8.15. The van der Waals surface area contributed by atoms with E-state index in [1.54, 1.807) is 0 Å². The van der Waals surface area contributed by atoms with Crippen molar-refractivity contribution in [1.82, 2.24) is 0 Å². The van der Waals surface area contributed by atoms with Crippen LogP contribution in [0.1, 0.15) is 63.5 Å². The Balaban J connectivity index is 1.76. The average Bonchev–Trinajstić information content (AvgIpc) is 2.75. The van der Waals surface area contributed by atoms with Crippen LogP contribution in [0.25, 0.3) is 0 Å². The molecule has 1 unspecified atom stereocenters. The molecule has 1 aliphatic carbocycles. The van der Waals surface area contributed by atoms with Crippen molar-refractivity contribution in [2.75, 3.05) is 0 Å². The van der Waals surface area contributed by atoms with E-state index >= 15 is 0 Å². The summed E-state index contributed by atoms with van der Waals surface area (Å²) in [4.78, 5) is 0. The number of hydrogen-bond acceptors (Lipinski definition) is 2. The largest absolute Gasteiger partial charge is 0.204 e. The van der Waals surface area contributed by atoms with Crippen molar-refractivity contribution in [3.8, 4) is 0 Å². The van der Waals surface area contributed by atoms with Gasteiger partial charge < -0.3 is 0 Å². The minimum Gasteiger partial charge on any atom is -0.204 e. The molecule has 29 heavy (non-hydrogen) atoms. The molecule has 1 aliphatic rings. The van der Waals surface area contributed by atoms with E-state index in [0.717, 1.165) is 48.1 Å². The summed E-state index contributed by atoms with van der Waals surface area (Å²) >= 11 is 0. The predicted molar refractivity (Wildman–Crippen MR) is 116 cm³/mol. The van der Waals surface area contributed by atoms with Gasteiger partial charge in [0.1, 0.15) is 0 Å². The fraction of sp³-hybridized carbons (Fsp3) is 0.440. The van der Waals surface area contributed by atoms with Crippen LogP contribution >= 0.6 is 0 Å². The van der Waals surface area contributed by atoms with Crippen molar-refractivity contribution < 1.29 is 8.78 Å². The number of rotatable bonds is 7. The van der Waals surface area contributed by atoms with Crippen LogP contribution < -0.4 is 0 Å². The summed E-state index contributed by atoms with van der Waals surface area (Å²) < 4.78 is 26.5. The van der Waals surface area contributed by atoms with Crippen molar-refractivity contribution in [3.63, 3.8) is 0 Å². The van der Waals surface area contributed by atoms with Crippen LogP contribution in [-0.4, -0.2) is 11.9 Å². The molecule has 0 spiro atoms. The lowest BCUT2D eigenvalue weighted by Crippen LogP contribution is -2.25. The minimum atomic E-state index is -0.874. The predicted octanol–water partition coefficient (Wildman–Crippen LogP) is 7.03. The first-order chi connectivity index (χ1) is 14.1. The maximum Gasteiger partial charge on any atom is 0.159 e. The first-order valence-corrected chi connectivity index (χ1v) is 10.7. The SMILES string of the molecule is CCCC(C)C1CCC(C(=NN=Cc2ccc(F)c(F)c2)c2ccccc2)CC1. The Labute approximate surface area is 172 Å². The standard InChI is InChI=1S/C25H30F2N2/c1-3-7-18(2)20-11-13-22(14-12-20)25(21-8-5-4-6-9-21)29-28-17-19-10-15-23(26)24(27)16-19/h4-6,8-10,15-18,20,22H,3,7,11-14H2,1-2H3. The van der Waals surface area contributed by atoms with Gasteiger partial charge in [0.15, 0.2) is 11.6 Å². The summed E-state index contributed by atoms with van der Waals surface area (Å²) in [6.45, 7) is 4.64. The zero-order chi connectivity index (χ0) is 20.6. The van der Waals surface area contributed by atoms with Gasteiger partial charge in [-0.3, -0.25) is 0 Å². The summed E-state index contributed by atoms with van der Waals surface area (Å²) in [6, 6.07) is 13.9. The van der Waals surface area contributed by atoms with E-state index < -0.39 is 11.6 Å². The Morgan fingerprint density at radius 3 is 2.41 bits per heavy atom. The molecule has 2 aromatic rings. The summed E-state index contributed by atoms with van der Waals surface area (Å²) in [7, 11) is 0. The molecule has 2 nitrogen and oxygen atoms in total. The number of hydrogen-bond donors (Lipinski definition) is 0. The molecule has 0 radical (unpaired) electrons. The molecule has 0 N–H and O–H groups in total. The van der Waals surface area contributed by atoms with Crippen molar-refractivity contribution in [2.45, 2.75) is 52.4 Å². The van der Waals surface area contributed by atoms with Crippen LogP contribution in [0.2, 0.25) is 0 Å². The molecule has 3 rings (SSSR count). The van der Waals surface area contributed by atoms with Crippen molar-refractivity contribution in [2.24, 2.45) is 28.0 Å². The quantitative estimate of drug-likeness (QED) is 0.354. The van der Waals surface area contributed by atoms with E-state index in [2.05, 4.69) is 36.2 Å². The lowest BCUT2D eigenvalue weighted by Gasteiger charge is -2.32. The Bertz CT molecular complexity index is 837. The second kappa shape index (κ2) is 10.4. The van der Waals surface area contributed by atoms with Crippen LogP contribution in [0.15, 0.2) is 58.7 Å². The summed E-state index contributed by atoms with van der Waals surface area (Å²) in [5, 5.41) is 8.76. The minimum absolute atomic E-state index is 0.379. The topological polar surface area (TPSA) is 24.7 Å². The summed E-state index contributed by atoms with van der Waals surface area (Å²) in [5.74, 6) is 0.230. The maximum absolute atomic E-state index is 13.4. The normalized spacial score (nSPS) is 21.4. The van der Waals surface area contributed by atoms with Gasteiger partial charge in [-0.2, -0.15) is 10.2 Å². The fourth-order valence-electron chi connectivity index (χ4n) is 4.39. The third kappa shape index (κ3) is 5.81. The Morgan fingerprint density at radius 1 is 1.03 bits per heavy atom. The molecule has 0 saturated heterocycles. The highest BCUT2D eigenvalue weighted by atomic mass is 19.2. The molecule has 1 fully saturated rings. The molecule has 0 aromatic heterocycles. The first kappa shape index (κ1) is 21.4. The monoisotopic (exact) mass is 396 g/mol. The lowest BCUT2D eigenvalue weighted by molar-refractivity contribution is 0.232. The molecule has 4 heteroatoms. The second-order valence-electron chi connectivity index (χ2n) is 8.15. The van der Waals surface area contributed by atoms with Gasteiger partial charge in [-0.15, -0.1) is 0 Å². The van der Waals surface area contributed by atoms with Gasteiger partial charge >= 0.3 is 0 Å². The van der Waals surface area contributed by atoms with Gasteiger partial charge in [0.05, 0.1) is 11.9 Å². The Hall–Kier alpha value is -2.36. The summed E-state index contributed by atoms with van der Waals surface area (Å²) in [5.41, 5.74) is 2.57. The van der Waals surface area contributed by atoms with Crippen molar-refractivity contribution >= 4 is 11.9 Å². The smallest absolute Gasteiger partial charge is 0.159 e. The highest BCUT2D eigenvalue weighted by Crippen LogP contribution is 2.36. The van der Waals surface area contributed by atoms with Crippen LogP contribution in [0, 0.1) is 29.4 Å². The van der Waals surface area contributed by atoms with Gasteiger partial charge in [-0.1, -0.05) is 63.1 Å². The molecule has 0 amide bonds. The van der Waals surface area contributed by atoms with Crippen LogP contribution in [0.4, 0.5) is 8.78 Å². The average molecular weight is 397 g/mol. The zero-order valence-electron chi connectivity index (χ0n) is 17.3. The van der Waals surface area contributed by atoms with E-state index in [0.29, 0.717) is 11.5 Å². The highest BCUT2D eigenvalue weighted by molar-refractivity contribution is 6.02. The molecule has 0 aliphatic heterocycles. The Kier molecular flexibility index (Phi) is 7.68. The third-order valence-corrected chi connectivity index (χ3v) is 6.09. The van der Waals surface area contributed by atoms with Crippen LogP contribution in [0.5, 0.6) is 0 Å². The molecule has 1 saturated carbocycles. The summed E-state index contributed by atoms with van der Waals surface area (Å²) in [6.07, 6.45) is 8.72. The van der Waals surface area contributed by atoms with E-state index in [1.807, 2.05) is 18.2 Å².